The zero-order valence-electron chi connectivity index (χ0n) is 9.95. The molecule has 0 saturated carbocycles. The van der Waals surface area contributed by atoms with Crippen molar-refractivity contribution < 1.29 is 23.0 Å². The maximum atomic E-state index is 12.3. The van der Waals surface area contributed by atoms with Crippen LogP contribution in [0.2, 0.25) is 0 Å². The lowest BCUT2D eigenvalue weighted by atomic mass is 10.0. The van der Waals surface area contributed by atoms with Crippen LogP contribution in [-0.2, 0) is 10.6 Å². The van der Waals surface area contributed by atoms with E-state index in [1.165, 1.54) is 6.07 Å². The Hall–Kier alpha value is -1.87. The normalized spacial score (nSPS) is 10.1. The van der Waals surface area contributed by atoms with Crippen LogP contribution in [0, 0.1) is 11.3 Å². The average Bonchev–Trinajstić information content (AvgIpc) is 2.37. The Balaban J connectivity index is 3.40. The number of alkyl halides is 3. The van der Waals surface area contributed by atoms with Gasteiger partial charge in [0, 0.05) is 5.88 Å². The minimum atomic E-state index is -3.11. The second kappa shape index (κ2) is 6.90. The fraction of sp³-hybridized carbons (Fsp3) is 0.333. The summed E-state index contributed by atoms with van der Waals surface area (Å²) < 4.78 is 33.5. The molecule has 19 heavy (non-hydrogen) atoms. The fourth-order valence-corrected chi connectivity index (χ4v) is 1.69. The van der Waals surface area contributed by atoms with E-state index >= 15 is 0 Å². The highest BCUT2D eigenvalue weighted by Crippen LogP contribution is 2.28. The lowest BCUT2D eigenvalue weighted by Crippen LogP contribution is -2.13. The van der Waals surface area contributed by atoms with Crippen molar-refractivity contribution in [3.8, 4) is 11.8 Å². The molecule has 0 spiro atoms. The first-order valence-corrected chi connectivity index (χ1v) is 5.82. The molecule has 0 aliphatic heterocycles. The van der Waals surface area contributed by atoms with Crippen LogP contribution in [0.5, 0.6) is 5.75 Å². The van der Waals surface area contributed by atoms with E-state index in [9.17, 15) is 13.6 Å². The second-order valence-corrected chi connectivity index (χ2v) is 3.58. The molecule has 0 atom stereocenters. The Morgan fingerprint density at radius 3 is 2.68 bits per heavy atom. The Bertz CT molecular complexity index is 514. The molecule has 0 fully saturated rings. The molecule has 0 saturated heterocycles. The predicted octanol–water partition coefficient (Wildman–Crippen LogP) is 3.08. The van der Waals surface area contributed by atoms with Crippen LogP contribution in [-0.4, -0.2) is 19.2 Å². The number of nitriles is 1. The number of halogens is 3. The van der Waals surface area contributed by atoms with Gasteiger partial charge in [0.15, 0.2) is 0 Å². The lowest BCUT2D eigenvalue weighted by Gasteiger charge is -2.13. The molecule has 0 aliphatic rings. The number of carbonyl (C=O) groups excluding carboxylic acids is 1. The minimum Gasteiger partial charge on any atom is -0.462 e. The Kier molecular flexibility index (Phi) is 5.52. The van der Waals surface area contributed by atoms with Crippen molar-refractivity contribution in [2.45, 2.75) is 19.4 Å². The molecular weight excluding hydrogens is 280 g/mol. The van der Waals surface area contributed by atoms with Gasteiger partial charge in [-0.3, -0.25) is 0 Å². The summed E-state index contributed by atoms with van der Waals surface area (Å²) in [5, 5.41) is 9.05. The molecule has 1 aromatic carbocycles. The maximum absolute atomic E-state index is 12.3. The topological polar surface area (TPSA) is 59.3 Å². The highest BCUT2D eigenvalue weighted by molar-refractivity contribution is 6.17. The third kappa shape index (κ3) is 3.55. The summed E-state index contributed by atoms with van der Waals surface area (Å²) >= 11 is 5.63. The standard InChI is InChI=1S/C12H10ClF2NO3/c1-2-18-11(17)10-8(6-16)7(5-13)3-4-9(10)19-12(14)15/h3-4,12H,2,5H2,1H3. The van der Waals surface area contributed by atoms with Crippen molar-refractivity contribution in [1.82, 2.24) is 0 Å². The van der Waals surface area contributed by atoms with E-state index in [4.69, 9.17) is 21.6 Å². The van der Waals surface area contributed by atoms with Gasteiger partial charge in [0.05, 0.1) is 12.2 Å². The summed E-state index contributed by atoms with van der Waals surface area (Å²) in [5.74, 6) is -1.34. The van der Waals surface area contributed by atoms with Crippen LogP contribution >= 0.6 is 11.6 Å². The van der Waals surface area contributed by atoms with Gasteiger partial charge in [-0.05, 0) is 18.6 Å². The number of esters is 1. The molecule has 102 valence electrons. The molecule has 0 amide bonds. The minimum absolute atomic E-state index is 0.0374. The van der Waals surface area contributed by atoms with Gasteiger partial charge in [0.1, 0.15) is 17.4 Å². The maximum Gasteiger partial charge on any atom is 0.387 e. The van der Waals surface area contributed by atoms with E-state index in [1.54, 1.807) is 13.0 Å². The van der Waals surface area contributed by atoms with Crippen molar-refractivity contribution in [2.75, 3.05) is 6.61 Å². The van der Waals surface area contributed by atoms with E-state index in [1.807, 2.05) is 0 Å². The van der Waals surface area contributed by atoms with Crippen molar-refractivity contribution >= 4 is 17.6 Å². The summed E-state index contributed by atoms with van der Waals surface area (Å²) in [6.07, 6.45) is 0. The van der Waals surface area contributed by atoms with Gasteiger partial charge in [-0.15, -0.1) is 11.6 Å². The zero-order valence-corrected chi connectivity index (χ0v) is 10.7. The number of hydrogen-bond donors (Lipinski definition) is 0. The monoisotopic (exact) mass is 289 g/mol. The van der Waals surface area contributed by atoms with E-state index < -0.39 is 18.3 Å². The Labute approximate surface area is 113 Å². The molecule has 4 nitrogen and oxygen atoms in total. The third-order valence-electron chi connectivity index (χ3n) is 2.20. The number of carbonyl (C=O) groups is 1. The summed E-state index contributed by atoms with van der Waals surface area (Å²) in [5.41, 5.74) is -0.108. The summed E-state index contributed by atoms with van der Waals surface area (Å²) in [6, 6.07) is 4.27. The molecule has 0 N–H and O–H groups in total. The van der Waals surface area contributed by atoms with Crippen molar-refractivity contribution in [2.24, 2.45) is 0 Å². The van der Waals surface area contributed by atoms with Gasteiger partial charge in [-0.1, -0.05) is 6.07 Å². The van der Waals surface area contributed by atoms with Gasteiger partial charge in [0.25, 0.3) is 0 Å². The molecule has 0 aliphatic carbocycles. The molecular formula is C12H10ClF2NO3. The molecule has 0 unspecified atom stereocenters. The molecule has 1 aromatic rings. The number of rotatable bonds is 5. The van der Waals surface area contributed by atoms with E-state index in [2.05, 4.69) is 4.74 Å². The first-order valence-electron chi connectivity index (χ1n) is 5.29. The van der Waals surface area contributed by atoms with E-state index in [0.29, 0.717) is 5.56 Å². The Morgan fingerprint density at radius 2 is 2.21 bits per heavy atom. The van der Waals surface area contributed by atoms with Crippen molar-refractivity contribution in [1.29, 1.82) is 5.26 Å². The zero-order chi connectivity index (χ0) is 14.4. The number of nitrogens with zero attached hydrogens (tertiary/aromatic N) is 1. The van der Waals surface area contributed by atoms with Gasteiger partial charge in [0.2, 0.25) is 0 Å². The van der Waals surface area contributed by atoms with E-state index in [-0.39, 0.29) is 23.6 Å². The fourth-order valence-electron chi connectivity index (χ4n) is 1.47. The molecule has 0 heterocycles. The van der Waals surface area contributed by atoms with Crippen molar-refractivity contribution in [3.05, 3.63) is 28.8 Å². The van der Waals surface area contributed by atoms with Crippen LogP contribution in [0.25, 0.3) is 0 Å². The third-order valence-corrected chi connectivity index (χ3v) is 2.49. The summed E-state index contributed by atoms with van der Waals surface area (Å²) in [7, 11) is 0. The van der Waals surface area contributed by atoms with E-state index in [0.717, 1.165) is 6.07 Å². The predicted molar refractivity (Wildman–Crippen MR) is 63.3 cm³/mol. The van der Waals surface area contributed by atoms with Gasteiger partial charge < -0.3 is 9.47 Å². The SMILES string of the molecule is CCOC(=O)c1c(OC(F)F)ccc(CCl)c1C#N. The summed E-state index contributed by atoms with van der Waals surface area (Å²) in [6.45, 7) is -1.51. The number of ether oxygens (including phenoxy) is 2. The summed E-state index contributed by atoms with van der Waals surface area (Å²) in [4.78, 5) is 11.8. The van der Waals surface area contributed by atoms with Gasteiger partial charge in [-0.25, -0.2) is 4.79 Å². The highest BCUT2D eigenvalue weighted by Gasteiger charge is 2.23. The van der Waals surface area contributed by atoms with Crippen LogP contribution in [0.1, 0.15) is 28.4 Å². The van der Waals surface area contributed by atoms with Crippen LogP contribution in [0.3, 0.4) is 0 Å². The largest absolute Gasteiger partial charge is 0.462 e. The second-order valence-electron chi connectivity index (χ2n) is 3.32. The molecule has 1 rings (SSSR count). The molecule has 0 radical (unpaired) electrons. The van der Waals surface area contributed by atoms with Crippen LogP contribution in [0.4, 0.5) is 8.78 Å². The van der Waals surface area contributed by atoms with Gasteiger partial charge in [-0.2, -0.15) is 14.0 Å². The lowest BCUT2D eigenvalue weighted by molar-refractivity contribution is -0.0504. The molecule has 7 heteroatoms. The quantitative estimate of drug-likeness (QED) is 0.617. The number of hydrogen-bond acceptors (Lipinski definition) is 4. The first kappa shape index (κ1) is 15.2. The van der Waals surface area contributed by atoms with Crippen LogP contribution < -0.4 is 4.74 Å². The smallest absolute Gasteiger partial charge is 0.387 e. The highest BCUT2D eigenvalue weighted by atomic mass is 35.5. The van der Waals surface area contributed by atoms with Gasteiger partial charge >= 0.3 is 12.6 Å². The van der Waals surface area contributed by atoms with Crippen LogP contribution in [0.15, 0.2) is 12.1 Å². The Morgan fingerprint density at radius 1 is 1.53 bits per heavy atom. The first-order chi connectivity index (χ1) is 9.04. The molecule has 0 bridgehead atoms. The van der Waals surface area contributed by atoms with Crippen molar-refractivity contribution in [3.63, 3.8) is 0 Å². The number of benzene rings is 1. The average molecular weight is 290 g/mol. The molecule has 0 aromatic heterocycles.